The molecule has 0 fully saturated rings. The molecule has 1 amide bonds. The first-order valence-corrected chi connectivity index (χ1v) is 9.38. The predicted molar refractivity (Wildman–Crippen MR) is 105 cm³/mol. The van der Waals surface area contributed by atoms with Gasteiger partial charge in [0.2, 0.25) is 11.1 Å². The first kappa shape index (κ1) is 18.5. The van der Waals surface area contributed by atoms with E-state index in [1.165, 1.54) is 11.8 Å². The normalized spacial score (nSPS) is 10.2. The first-order valence-electron chi connectivity index (χ1n) is 8.40. The average Bonchev–Trinajstić information content (AvgIpc) is 2.73. The Bertz CT molecular complexity index is 942. The number of aromatic nitrogens is 3. The molecule has 3 rings (SSSR count). The third-order valence-corrected chi connectivity index (χ3v) is 4.49. The van der Waals surface area contributed by atoms with E-state index in [1.807, 2.05) is 66.7 Å². The molecule has 0 spiro atoms. The first-order chi connectivity index (χ1) is 13.3. The van der Waals surface area contributed by atoms with E-state index in [2.05, 4.69) is 20.5 Å². The molecule has 0 aliphatic heterocycles. The van der Waals surface area contributed by atoms with E-state index in [1.54, 1.807) is 0 Å². The van der Waals surface area contributed by atoms with Crippen molar-refractivity contribution in [2.24, 2.45) is 0 Å². The summed E-state index contributed by atoms with van der Waals surface area (Å²) in [6.45, 7) is 0.344. The molecule has 0 aliphatic carbocycles. The van der Waals surface area contributed by atoms with Crippen LogP contribution in [0.15, 0.2) is 65.8 Å². The number of nitriles is 1. The van der Waals surface area contributed by atoms with Crippen molar-refractivity contribution in [1.82, 2.24) is 20.5 Å². The number of hydrogen-bond acceptors (Lipinski definition) is 6. The Morgan fingerprint density at radius 2 is 1.59 bits per heavy atom. The molecule has 0 unspecified atom stereocenters. The second-order valence-corrected chi connectivity index (χ2v) is 6.51. The second-order valence-electron chi connectivity index (χ2n) is 5.57. The third-order valence-electron chi connectivity index (χ3n) is 3.65. The van der Waals surface area contributed by atoms with Gasteiger partial charge in [-0.3, -0.25) is 4.79 Å². The molecule has 1 aromatic heterocycles. The van der Waals surface area contributed by atoms with Crippen LogP contribution in [0.25, 0.3) is 22.5 Å². The van der Waals surface area contributed by atoms with Crippen LogP contribution in [-0.4, -0.2) is 33.4 Å². The van der Waals surface area contributed by atoms with Crippen LogP contribution >= 0.6 is 11.8 Å². The number of amides is 1. The molecule has 0 bridgehead atoms. The number of benzene rings is 2. The van der Waals surface area contributed by atoms with Crippen LogP contribution in [0.5, 0.6) is 0 Å². The minimum atomic E-state index is -0.160. The van der Waals surface area contributed by atoms with Gasteiger partial charge in [0.15, 0.2) is 0 Å². The lowest BCUT2D eigenvalue weighted by Gasteiger charge is -2.09. The summed E-state index contributed by atoms with van der Waals surface area (Å²) in [5.41, 5.74) is 3.29. The molecular weight excluding hydrogens is 358 g/mol. The number of rotatable bonds is 7. The number of thioether (sulfide) groups is 1. The van der Waals surface area contributed by atoms with Crippen LogP contribution in [0.2, 0.25) is 0 Å². The zero-order chi connectivity index (χ0) is 18.9. The van der Waals surface area contributed by atoms with E-state index >= 15 is 0 Å². The van der Waals surface area contributed by atoms with E-state index in [9.17, 15) is 4.79 Å². The second kappa shape index (κ2) is 9.46. The van der Waals surface area contributed by atoms with Gasteiger partial charge in [-0.15, -0.1) is 10.2 Å². The highest BCUT2D eigenvalue weighted by molar-refractivity contribution is 7.99. The molecule has 6 nitrogen and oxygen atoms in total. The predicted octanol–water partition coefficient (Wildman–Crippen LogP) is 3.33. The number of nitrogens with one attached hydrogen (secondary N) is 1. The Hall–Kier alpha value is -3.24. The molecule has 0 saturated carbocycles. The monoisotopic (exact) mass is 375 g/mol. The lowest BCUT2D eigenvalue weighted by atomic mass is 10.0. The van der Waals surface area contributed by atoms with E-state index in [4.69, 9.17) is 5.26 Å². The molecule has 0 radical (unpaired) electrons. The van der Waals surface area contributed by atoms with Gasteiger partial charge in [0.1, 0.15) is 11.4 Å². The van der Waals surface area contributed by atoms with Crippen molar-refractivity contribution in [3.8, 4) is 28.6 Å². The standard InChI is InChI=1S/C20H17N5OS/c21-12-7-13-22-17(26)14-27-20-23-18(15-8-3-1-4-9-15)19(24-25-20)16-10-5-2-6-11-16/h1-6,8-11H,7,13-14H2,(H,22,26). The summed E-state index contributed by atoms with van der Waals surface area (Å²) in [5.74, 6) is 0.0127. The lowest BCUT2D eigenvalue weighted by Crippen LogP contribution is -2.26. The van der Waals surface area contributed by atoms with Crippen molar-refractivity contribution in [1.29, 1.82) is 5.26 Å². The molecular formula is C20H17N5OS. The van der Waals surface area contributed by atoms with Crippen LogP contribution in [0.1, 0.15) is 6.42 Å². The maximum absolute atomic E-state index is 11.8. The van der Waals surface area contributed by atoms with E-state index in [0.29, 0.717) is 23.8 Å². The highest BCUT2D eigenvalue weighted by atomic mass is 32.2. The molecule has 2 aromatic carbocycles. The highest BCUT2D eigenvalue weighted by Gasteiger charge is 2.14. The molecule has 3 aromatic rings. The topological polar surface area (TPSA) is 91.6 Å². The van der Waals surface area contributed by atoms with E-state index < -0.39 is 0 Å². The minimum Gasteiger partial charge on any atom is -0.354 e. The Morgan fingerprint density at radius 3 is 2.22 bits per heavy atom. The molecule has 134 valence electrons. The van der Waals surface area contributed by atoms with Gasteiger partial charge in [0.05, 0.1) is 18.2 Å². The van der Waals surface area contributed by atoms with Gasteiger partial charge in [0.25, 0.3) is 0 Å². The van der Waals surface area contributed by atoms with Gasteiger partial charge < -0.3 is 5.32 Å². The van der Waals surface area contributed by atoms with Gasteiger partial charge in [-0.1, -0.05) is 72.4 Å². The SMILES string of the molecule is N#CCCNC(=O)CSc1nnc(-c2ccccc2)c(-c2ccccc2)n1. The number of hydrogen-bond donors (Lipinski definition) is 1. The quantitative estimate of drug-likeness (QED) is 0.503. The van der Waals surface area contributed by atoms with Crippen LogP contribution in [-0.2, 0) is 4.79 Å². The summed E-state index contributed by atoms with van der Waals surface area (Å²) in [6, 6.07) is 21.5. The fourth-order valence-electron chi connectivity index (χ4n) is 2.40. The smallest absolute Gasteiger partial charge is 0.230 e. The summed E-state index contributed by atoms with van der Waals surface area (Å²) in [5, 5.41) is 20.2. The van der Waals surface area contributed by atoms with Crippen molar-refractivity contribution >= 4 is 17.7 Å². The number of nitrogens with zero attached hydrogens (tertiary/aromatic N) is 4. The Morgan fingerprint density at radius 1 is 0.963 bits per heavy atom. The molecule has 7 heteroatoms. The van der Waals surface area contributed by atoms with Crippen LogP contribution in [0.4, 0.5) is 0 Å². The Balaban J connectivity index is 1.84. The molecule has 0 atom stereocenters. The maximum Gasteiger partial charge on any atom is 0.230 e. The van der Waals surface area contributed by atoms with Gasteiger partial charge >= 0.3 is 0 Å². The molecule has 0 saturated heterocycles. The lowest BCUT2D eigenvalue weighted by molar-refractivity contribution is -0.118. The largest absolute Gasteiger partial charge is 0.354 e. The fraction of sp³-hybridized carbons (Fsp3) is 0.150. The molecule has 1 heterocycles. The fourth-order valence-corrected chi connectivity index (χ4v) is 3.02. The van der Waals surface area contributed by atoms with Crippen LogP contribution < -0.4 is 5.32 Å². The van der Waals surface area contributed by atoms with Crippen LogP contribution in [0.3, 0.4) is 0 Å². The highest BCUT2D eigenvalue weighted by Crippen LogP contribution is 2.29. The average molecular weight is 375 g/mol. The van der Waals surface area contributed by atoms with Crippen molar-refractivity contribution in [2.75, 3.05) is 12.3 Å². The van der Waals surface area contributed by atoms with Crippen LogP contribution in [0, 0.1) is 11.3 Å². The zero-order valence-electron chi connectivity index (χ0n) is 14.5. The van der Waals surface area contributed by atoms with Crippen molar-refractivity contribution in [3.63, 3.8) is 0 Å². The number of carbonyl (C=O) groups is 1. The Labute approximate surface area is 161 Å². The van der Waals surface area contributed by atoms with Gasteiger partial charge in [-0.05, 0) is 0 Å². The van der Waals surface area contributed by atoms with Crippen molar-refractivity contribution in [3.05, 3.63) is 60.7 Å². The zero-order valence-corrected chi connectivity index (χ0v) is 15.3. The number of carbonyl (C=O) groups excluding carboxylic acids is 1. The van der Waals surface area contributed by atoms with E-state index in [-0.39, 0.29) is 11.7 Å². The minimum absolute atomic E-state index is 0.160. The molecule has 0 aliphatic rings. The van der Waals surface area contributed by atoms with Gasteiger partial charge in [-0.2, -0.15) is 5.26 Å². The van der Waals surface area contributed by atoms with Gasteiger partial charge in [0, 0.05) is 17.7 Å². The summed E-state index contributed by atoms with van der Waals surface area (Å²) in [4.78, 5) is 16.5. The molecule has 1 N–H and O–H groups in total. The summed E-state index contributed by atoms with van der Waals surface area (Å²) in [6.07, 6.45) is 0.290. The Kier molecular flexibility index (Phi) is 6.50. The van der Waals surface area contributed by atoms with Gasteiger partial charge in [-0.25, -0.2) is 4.98 Å². The van der Waals surface area contributed by atoms with E-state index in [0.717, 1.165) is 16.8 Å². The van der Waals surface area contributed by atoms with Crippen molar-refractivity contribution in [2.45, 2.75) is 11.6 Å². The maximum atomic E-state index is 11.8. The molecule has 27 heavy (non-hydrogen) atoms. The van der Waals surface area contributed by atoms with Crippen molar-refractivity contribution < 1.29 is 4.79 Å². The third kappa shape index (κ3) is 5.12. The summed E-state index contributed by atoms with van der Waals surface area (Å²) < 4.78 is 0. The summed E-state index contributed by atoms with van der Waals surface area (Å²) in [7, 11) is 0. The summed E-state index contributed by atoms with van der Waals surface area (Å²) >= 11 is 1.22.